The molecule has 1 aliphatic rings. The topological polar surface area (TPSA) is 0 Å². The Bertz CT molecular complexity index is 372. The molecule has 2 unspecified atom stereocenters. The standard InChI is InChI=1S/C15H20/c1-11-5-7-14(8-6-11)15(4)10-9-12(2)13(15)3/h5-8,13H,2,9-10H2,1,3-4H3. The van der Waals surface area contributed by atoms with Crippen LogP contribution in [-0.4, -0.2) is 0 Å². The van der Waals surface area contributed by atoms with Gasteiger partial charge in [0, 0.05) is 0 Å². The lowest BCUT2D eigenvalue weighted by atomic mass is 9.74. The fraction of sp³-hybridized carbons (Fsp3) is 0.467. The normalized spacial score (nSPS) is 30.9. The molecule has 0 bridgehead atoms. The Balaban J connectivity index is 2.38. The van der Waals surface area contributed by atoms with Crippen LogP contribution >= 0.6 is 0 Å². The molecule has 0 nitrogen and oxygen atoms in total. The van der Waals surface area contributed by atoms with Crippen molar-refractivity contribution in [1.29, 1.82) is 0 Å². The second-order valence-corrected chi connectivity index (χ2v) is 5.16. The van der Waals surface area contributed by atoms with Crippen LogP contribution in [0.4, 0.5) is 0 Å². The maximum atomic E-state index is 4.17. The van der Waals surface area contributed by atoms with Crippen LogP contribution in [0.2, 0.25) is 0 Å². The fourth-order valence-electron chi connectivity index (χ4n) is 2.63. The van der Waals surface area contributed by atoms with Gasteiger partial charge in [0.25, 0.3) is 0 Å². The summed E-state index contributed by atoms with van der Waals surface area (Å²) in [5.41, 5.74) is 4.54. The SMILES string of the molecule is C=C1CCC(C)(c2ccc(C)cc2)C1C. The molecule has 0 spiro atoms. The predicted molar refractivity (Wildman–Crippen MR) is 66.1 cm³/mol. The Labute approximate surface area is 93.0 Å². The average Bonchev–Trinajstić information content (AvgIpc) is 2.48. The third-order valence-corrected chi connectivity index (χ3v) is 4.24. The monoisotopic (exact) mass is 200 g/mol. The first-order chi connectivity index (χ1) is 7.04. The van der Waals surface area contributed by atoms with Crippen LogP contribution in [0.25, 0.3) is 0 Å². The van der Waals surface area contributed by atoms with Gasteiger partial charge in [0.2, 0.25) is 0 Å². The van der Waals surface area contributed by atoms with Gasteiger partial charge in [0.1, 0.15) is 0 Å². The van der Waals surface area contributed by atoms with E-state index in [1.54, 1.807) is 0 Å². The molecule has 0 amide bonds. The highest BCUT2D eigenvalue weighted by atomic mass is 14.4. The molecule has 0 aliphatic heterocycles. The molecule has 0 saturated heterocycles. The van der Waals surface area contributed by atoms with Crippen LogP contribution in [0.5, 0.6) is 0 Å². The van der Waals surface area contributed by atoms with E-state index >= 15 is 0 Å². The lowest BCUT2D eigenvalue weighted by molar-refractivity contribution is 0.397. The van der Waals surface area contributed by atoms with Crippen LogP contribution in [0.3, 0.4) is 0 Å². The Hall–Kier alpha value is -1.04. The molecule has 1 aromatic rings. The summed E-state index contributed by atoms with van der Waals surface area (Å²) in [5, 5.41) is 0. The number of aryl methyl sites for hydroxylation is 1. The zero-order chi connectivity index (χ0) is 11.1. The Kier molecular flexibility index (Phi) is 2.46. The van der Waals surface area contributed by atoms with E-state index < -0.39 is 0 Å². The van der Waals surface area contributed by atoms with Crippen LogP contribution in [0, 0.1) is 12.8 Å². The highest BCUT2D eigenvalue weighted by molar-refractivity contribution is 5.33. The van der Waals surface area contributed by atoms with E-state index in [2.05, 4.69) is 51.6 Å². The van der Waals surface area contributed by atoms with E-state index in [-0.39, 0.29) is 0 Å². The van der Waals surface area contributed by atoms with Gasteiger partial charge in [-0.25, -0.2) is 0 Å². The summed E-state index contributed by atoms with van der Waals surface area (Å²) in [6.07, 6.45) is 2.43. The van der Waals surface area contributed by atoms with E-state index in [9.17, 15) is 0 Å². The van der Waals surface area contributed by atoms with Gasteiger partial charge in [0.05, 0.1) is 0 Å². The predicted octanol–water partition coefficient (Wildman–Crippen LogP) is 4.24. The van der Waals surface area contributed by atoms with E-state index in [0.29, 0.717) is 11.3 Å². The summed E-state index contributed by atoms with van der Waals surface area (Å²) in [6.45, 7) is 11.0. The summed E-state index contributed by atoms with van der Waals surface area (Å²) < 4.78 is 0. The molecule has 0 heteroatoms. The Morgan fingerprint density at radius 3 is 2.33 bits per heavy atom. The van der Waals surface area contributed by atoms with Gasteiger partial charge in [-0.15, -0.1) is 0 Å². The maximum Gasteiger partial charge on any atom is -0.000960 e. The smallest absolute Gasteiger partial charge is 0.000960 e. The van der Waals surface area contributed by atoms with Crippen molar-refractivity contribution in [2.75, 3.05) is 0 Å². The highest BCUT2D eigenvalue weighted by Crippen LogP contribution is 2.47. The lowest BCUT2D eigenvalue weighted by Crippen LogP contribution is -2.25. The quantitative estimate of drug-likeness (QED) is 0.595. The van der Waals surface area contributed by atoms with Gasteiger partial charge in [-0.05, 0) is 36.7 Å². The van der Waals surface area contributed by atoms with Crippen molar-refractivity contribution >= 4 is 0 Å². The molecule has 1 aromatic carbocycles. The molecule has 80 valence electrons. The van der Waals surface area contributed by atoms with Crippen molar-refractivity contribution in [2.45, 2.75) is 39.0 Å². The van der Waals surface area contributed by atoms with Gasteiger partial charge < -0.3 is 0 Å². The van der Waals surface area contributed by atoms with E-state index in [1.165, 1.54) is 29.5 Å². The number of rotatable bonds is 1. The van der Waals surface area contributed by atoms with Crippen molar-refractivity contribution < 1.29 is 0 Å². The number of hydrogen-bond donors (Lipinski definition) is 0. The maximum absolute atomic E-state index is 4.17. The minimum atomic E-state index is 0.310. The molecule has 1 fully saturated rings. The van der Waals surface area contributed by atoms with Crippen LogP contribution in [-0.2, 0) is 5.41 Å². The first kappa shape index (κ1) is 10.5. The molecule has 2 atom stereocenters. The van der Waals surface area contributed by atoms with Crippen LogP contribution < -0.4 is 0 Å². The summed E-state index contributed by atoms with van der Waals surface area (Å²) in [7, 11) is 0. The third-order valence-electron chi connectivity index (χ3n) is 4.24. The van der Waals surface area contributed by atoms with Gasteiger partial charge in [0.15, 0.2) is 0 Å². The molecule has 0 heterocycles. The fourth-order valence-corrected chi connectivity index (χ4v) is 2.63. The molecule has 0 N–H and O–H groups in total. The van der Waals surface area contributed by atoms with E-state index in [0.717, 1.165) is 0 Å². The van der Waals surface area contributed by atoms with E-state index in [4.69, 9.17) is 0 Å². The molecule has 0 radical (unpaired) electrons. The van der Waals surface area contributed by atoms with Crippen molar-refractivity contribution in [1.82, 2.24) is 0 Å². The molecule has 0 aromatic heterocycles. The van der Waals surface area contributed by atoms with E-state index in [1.807, 2.05) is 0 Å². The highest BCUT2D eigenvalue weighted by Gasteiger charge is 2.39. The molecule has 1 saturated carbocycles. The third kappa shape index (κ3) is 1.62. The number of allylic oxidation sites excluding steroid dienone is 1. The molecule has 15 heavy (non-hydrogen) atoms. The van der Waals surface area contributed by atoms with Crippen molar-refractivity contribution in [3.8, 4) is 0 Å². The Morgan fingerprint density at radius 2 is 1.87 bits per heavy atom. The molecule has 2 rings (SSSR count). The Morgan fingerprint density at radius 1 is 1.27 bits per heavy atom. The summed E-state index contributed by atoms with van der Waals surface area (Å²) in [6, 6.07) is 9.00. The van der Waals surface area contributed by atoms with Gasteiger partial charge >= 0.3 is 0 Å². The number of benzene rings is 1. The summed E-state index contributed by atoms with van der Waals surface area (Å²) in [5.74, 6) is 0.611. The zero-order valence-electron chi connectivity index (χ0n) is 10.0. The minimum absolute atomic E-state index is 0.310. The van der Waals surface area contributed by atoms with Gasteiger partial charge in [-0.2, -0.15) is 0 Å². The first-order valence-corrected chi connectivity index (χ1v) is 5.79. The average molecular weight is 200 g/mol. The first-order valence-electron chi connectivity index (χ1n) is 5.79. The largest absolute Gasteiger partial charge is 0.0996 e. The van der Waals surface area contributed by atoms with Gasteiger partial charge in [-0.1, -0.05) is 55.8 Å². The summed E-state index contributed by atoms with van der Waals surface area (Å²) >= 11 is 0. The van der Waals surface area contributed by atoms with Gasteiger partial charge in [-0.3, -0.25) is 0 Å². The van der Waals surface area contributed by atoms with Crippen molar-refractivity contribution in [3.05, 3.63) is 47.5 Å². The molecular weight excluding hydrogens is 180 g/mol. The lowest BCUT2D eigenvalue weighted by Gasteiger charge is -2.30. The molecule has 1 aliphatic carbocycles. The van der Waals surface area contributed by atoms with Crippen molar-refractivity contribution in [2.24, 2.45) is 5.92 Å². The van der Waals surface area contributed by atoms with Crippen LogP contribution in [0.15, 0.2) is 36.4 Å². The minimum Gasteiger partial charge on any atom is -0.0996 e. The second kappa shape index (κ2) is 3.52. The number of hydrogen-bond acceptors (Lipinski definition) is 0. The van der Waals surface area contributed by atoms with Crippen LogP contribution in [0.1, 0.15) is 37.8 Å². The second-order valence-electron chi connectivity index (χ2n) is 5.16. The molecular formula is C15H20. The summed E-state index contributed by atoms with van der Waals surface area (Å²) in [4.78, 5) is 0. The zero-order valence-corrected chi connectivity index (χ0v) is 10.0. The van der Waals surface area contributed by atoms with Crippen molar-refractivity contribution in [3.63, 3.8) is 0 Å².